The molecule has 5 aromatic rings. The number of carbonyl (C=O) groups is 3. The van der Waals surface area contributed by atoms with Gasteiger partial charge in [-0.3, -0.25) is 14.5 Å². The number of aliphatic carboxylic acids is 1. The van der Waals surface area contributed by atoms with Gasteiger partial charge in [0.2, 0.25) is 0 Å². The number of aromatic nitrogens is 2. The molecular formula is C37H28Cl2N6O5S3. The third-order valence-electron chi connectivity index (χ3n) is 8.57. The lowest BCUT2D eigenvalue weighted by Crippen LogP contribution is -2.71. The molecule has 0 saturated carbocycles. The predicted octanol–water partition coefficient (Wildman–Crippen LogP) is 7.11. The van der Waals surface area contributed by atoms with Gasteiger partial charge >= 0.3 is 5.97 Å². The van der Waals surface area contributed by atoms with Crippen LogP contribution in [0.25, 0.3) is 6.08 Å². The Bertz CT molecular complexity index is 2170. The molecule has 2 amide bonds. The molecule has 4 heterocycles. The molecule has 2 aliphatic rings. The zero-order valence-corrected chi connectivity index (χ0v) is 31.6. The summed E-state index contributed by atoms with van der Waals surface area (Å²) in [7, 11) is 1.31. The van der Waals surface area contributed by atoms with Crippen molar-refractivity contribution in [3.05, 3.63) is 151 Å². The summed E-state index contributed by atoms with van der Waals surface area (Å²) in [6.07, 6.45) is 3.20. The maximum atomic E-state index is 13.8. The molecule has 2 aliphatic heterocycles. The normalized spacial score (nSPS) is 17.4. The molecule has 3 N–H and O–H groups in total. The maximum absolute atomic E-state index is 13.8. The van der Waals surface area contributed by atoms with Crippen molar-refractivity contribution in [2.24, 2.45) is 5.16 Å². The minimum atomic E-state index is -1.27. The number of hydrogen-bond acceptors (Lipinski definition) is 11. The first kappa shape index (κ1) is 36.4. The molecule has 7 rings (SSSR count). The maximum Gasteiger partial charge on any atom is 0.352 e. The fourth-order valence-electron chi connectivity index (χ4n) is 6.22. The number of β-lactam (4-membered cyclic amide) rings is 1. The fourth-order valence-corrected chi connectivity index (χ4v) is 9.57. The highest BCUT2D eigenvalue weighted by Crippen LogP contribution is 2.42. The first-order valence-electron chi connectivity index (χ1n) is 15.9. The Morgan fingerprint density at radius 1 is 0.962 bits per heavy atom. The van der Waals surface area contributed by atoms with E-state index in [1.807, 2.05) is 91.0 Å². The number of allylic oxidation sites excluding steroid dienone is 1. The average Bonchev–Trinajstić information content (AvgIpc) is 3.78. The number of thiazole rings is 2. The number of amides is 2. The summed E-state index contributed by atoms with van der Waals surface area (Å²) in [4.78, 5) is 55.1. The lowest BCUT2D eigenvalue weighted by Gasteiger charge is -2.49. The third-order valence-corrected chi connectivity index (χ3v) is 12.2. The van der Waals surface area contributed by atoms with Crippen LogP contribution in [0.15, 0.2) is 119 Å². The number of nitrogens with zero attached hydrogens (tertiary/aromatic N) is 4. The van der Waals surface area contributed by atoms with E-state index in [2.05, 4.69) is 20.8 Å². The van der Waals surface area contributed by atoms with E-state index in [9.17, 15) is 19.5 Å². The fraction of sp³-hybridized carbons (Fsp3) is 0.135. The summed E-state index contributed by atoms with van der Waals surface area (Å²) in [5.41, 5.74) is 2.36. The van der Waals surface area contributed by atoms with Crippen molar-refractivity contribution in [3.63, 3.8) is 0 Å². The molecule has 0 bridgehead atoms. The topological polar surface area (TPSA) is 146 Å². The van der Waals surface area contributed by atoms with Crippen LogP contribution >= 0.6 is 57.6 Å². The zero-order chi connectivity index (χ0) is 37.1. The highest BCUT2D eigenvalue weighted by Gasteiger charge is 2.54. The van der Waals surface area contributed by atoms with Crippen molar-refractivity contribution in [2.75, 3.05) is 18.2 Å². The second-order valence-corrected chi connectivity index (χ2v) is 15.6. The monoisotopic (exact) mass is 802 g/mol. The summed E-state index contributed by atoms with van der Waals surface area (Å²) in [6, 6.07) is 29.0. The first-order chi connectivity index (χ1) is 25.7. The molecule has 3 aromatic carbocycles. The van der Waals surface area contributed by atoms with Gasteiger partial charge < -0.3 is 20.6 Å². The van der Waals surface area contributed by atoms with Crippen LogP contribution in [0.2, 0.25) is 9.62 Å². The van der Waals surface area contributed by atoms with Crippen LogP contribution in [0.4, 0.5) is 5.13 Å². The number of fused-ring (bicyclic) bond motifs is 1. The number of anilines is 1. The molecule has 0 spiro atoms. The Hall–Kier alpha value is -4.99. The second kappa shape index (κ2) is 15.5. The van der Waals surface area contributed by atoms with E-state index in [4.69, 9.17) is 33.0 Å². The molecular weight excluding hydrogens is 776 g/mol. The van der Waals surface area contributed by atoms with Gasteiger partial charge in [0, 0.05) is 11.1 Å². The molecule has 268 valence electrons. The van der Waals surface area contributed by atoms with E-state index in [0.717, 1.165) is 28.0 Å². The van der Waals surface area contributed by atoms with Crippen LogP contribution in [0.1, 0.15) is 27.3 Å². The number of thioether (sulfide) groups is 1. The Morgan fingerprint density at radius 2 is 1.57 bits per heavy atom. The van der Waals surface area contributed by atoms with Crippen molar-refractivity contribution < 1.29 is 24.3 Å². The second-order valence-electron chi connectivity index (χ2n) is 11.6. The van der Waals surface area contributed by atoms with E-state index in [1.54, 1.807) is 17.5 Å². The van der Waals surface area contributed by atoms with Gasteiger partial charge in [-0.05, 0) is 28.3 Å². The van der Waals surface area contributed by atoms with Gasteiger partial charge in [-0.25, -0.2) is 14.8 Å². The lowest BCUT2D eigenvalue weighted by molar-refractivity contribution is -0.150. The first-order valence-corrected chi connectivity index (χ1v) is 19.4. The minimum absolute atomic E-state index is 0.147. The molecule has 1 fully saturated rings. The number of carboxylic acid groups (broad SMARTS) is 1. The molecule has 53 heavy (non-hydrogen) atoms. The van der Waals surface area contributed by atoms with Crippen LogP contribution in [-0.2, 0) is 24.8 Å². The highest BCUT2D eigenvalue weighted by atomic mass is 35.5. The summed E-state index contributed by atoms with van der Waals surface area (Å²) < 4.78 is 0.248. The van der Waals surface area contributed by atoms with Crippen molar-refractivity contribution in [1.29, 1.82) is 0 Å². The van der Waals surface area contributed by atoms with Crippen molar-refractivity contribution in [3.8, 4) is 0 Å². The van der Waals surface area contributed by atoms with E-state index >= 15 is 0 Å². The van der Waals surface area contributed by atoms with Gasteiger partial charge in [0.25, 0.3) is 11.8 Å². The summed E-state index contributed by atoms with van der Waals surface area (Å²) in [5, 5.41) is 22.2. The molecule has 2 atom stereocenters. The van der Waals surface area contributed by atoms with E-state index < -0.39 is 34.7 Å². The van der Waals surface area contributed by atoms with E-state index in [-0.39, 0.29) is 32.5 Å². The lowest BCUT2D eigenvalue weighted by atomic mass is 9.77. The zero-order valence-electron chi connectivity index (χ0n) is 27.6. The molecule has 0 radical (unpaired) electrons. The molecule has 11 nitrogen and oxygen atoms in total. The number of oxime groups is 1. The van der Waals surface area contributed by atoms with Gasteiger partial charge in [0.05, 0.1) is 4.88 Å². The average molecular weight is 804 g/mol. The van der Waals surface area contributed by atoms with Crippen molar-refractivity contribution in [2.45, 2.75) is 17.0 Å². The third kappa shape index (κ3) is 7.08. The van der Waals surface area contributed by atoms with Crippen molar-refractivity contribution >= 4 is 92.3 Å². The molecule has 1 unspecified atom stereocenters. The predicted molar refractivity (Wildman–Crippen MR) is 209 cm³/mol. The van der Waals surface area contributed by atoms with Crippen LogP contribution in [0.5, 0.6) is 0 Å². The number of hydrogen-bond donors (Lipinski definition) is 3. The summed E-state index contributed by atoms with van der Waals surface area (Å²) in [5.74, 6) is -2.29. The van der Waals surface area contributed by atoms with Crippen LogP contribution in [0, 0.1) is 0 Å². The smallest absolute Gasteiger partial charge is 0.352 e. The summed E-state index contributed by atoms with van der Waals surface area (Å²) >= 11 is 15.8. The van der Waals surface area contributed by atoms with Crippen LogP contribution in [0.3, 0.4) is 0 Å². The Labute approximate surface area is 326 Å². The van der Waals surface area contributed by atoms with Gasteiger partial charge in [0.1, 0.15) is 40.6 Å². The highest BCUT2D eigenvalue weighted by molar-refractivity contribution is 8.00. The van der Waals surface area contributed by atoms with Gasteiger partial charge in [-0.1, -0.05) is 125 Å². The number of carboxylic acids is 1. The Kier molecular flexibility index (Phi) is 10.7. The number of nitrogens with one attached hydrogen (secondary N) is 2. The minimum Gasteiger partial charge on any atom is -0.477 e. The number of carbonyl (C=O) groups excluding carboxylic acids is 2. The standard InChI is InChI=1S/C37H28Cl2N6O5S3/c1-50-44-27(31(46)41-28-32(47)45-29(34(48)49)21(19-51-33(28)45)17-18-26-30(38)42-35(39)53-26)25-20-52-36(40-25)43-37(22-11-5-2-6-12-22,23-13-7-3-8-14-23)24-15-9-4-10-16-24/h2-18,20,28,33H,19H2,1H3,(H,40,43)(H,41,46)(H,48,49)/t28?,33-/m0/s1. The molecule has 0 aliphatic carbocycles. The number of benzene rings is 3. The summed E-state index contributed by atoms with van der Waals surface area (Å²) in [6.45, 7) is 0. The van der Waals surface area contributed by atoms with Crippen molar-refractivity contribution in [1.82, 2.24) is 20.2 Å². The molecule has 1 saturated heterocycles. The molecule has 2 aromatic heterocycles. The molecule has 16 heteroatoms. The quantitative estimate of drug-likeness (QED) is 0.0520. The van der Waals surface area contributed by atoms with E-state index in [1.165, 1.54) is 35.1 Å². The van der Waals surface area contributed by atoms with Crippen LogP contribution < -0.4 is 10.6 Å². The number of halogens is 2. The number of rotatable bonds is 12. The van der Waals surface area contributed by atoms with E-state index in [0.29, 0.717) is 15.6 Å². The largest absolute Gasteiger partial charge is 0.477 e. The Balaban J connectivity index is 1.14. The van der Waals surface area contributed by atoms with Crippen LogP contribution in [-0.4, -0.2) is 67.7 Å². The SMILES string of the molecule is CON=C(C(=O)NC1C(=O)N2C(C(=O)O)=C(C=Cc3sc(Cl)nc3Cl)CS[C@@H]12)c1csc(NC(c2ccccc2)(c2ccccc2)c2ccccc2)n1. The van der Waals surface area contributed by atoms with Gasteiger partial charge in [-0.2, -0.15) is 0 Å². The Morgan fingerprint density at radius 3 is 2.09 bits per heavy atom. The van der Waals surface area contributed by atoms with Gasteiger partial charge in [-0.15, -0.1) is 34.4 Å². The van der Waals surface area contributed by atoms with Gasteiger partial charge in [0.15, 0.2) is 15.3 Å².